The van der Waals surface area contributed by atoms with Crippen molar-refractivity contribution in [2.24, 2.45) is 0 Å². The average molecular weight is 329 g/mol. The molecule has 0 aliphatic carbocycles. The first-order valence-electron chi connectivity index (χ1n) is 8.73. The molecule has 2 unspecified atom stereocenters. The lowest BCUT2D eigenvalue weighted by Gasteiger charge is -2.26. The van der Waals surface area contributed by atoms with E-state index >= 15 is 0 Å². The van der Waals surface area contributed by atoms with E-state index in [1.807, 2.05) is 12.1 Å². The summed E-state index contributed by atoms with van der Waals surface area (Å²) in [4.78, 5) is 26.4. The molecule has 6 nitrogen and oxygen atoms in total. The molecule has 3 aliphatic heterocycles. The minimum Gasteiger partial charge on any atom is -0.364 e. The molecule has 1 aromatic rings. The molecule has 128 valence electrons. The standard InChI is InChI=1S/C18H23N3O3/c22-16-15(7-3-4-9-19-16)20-17(23)21-10-8-18(12-21)14-6-2-1-5-13(14)11-24-18/h1-2,5-6,15H,3-4,7-12H2,(H,19,22)(H,20,23). The van der Waals surface area contributed by atoms with Gasteiger partial charge in [-0.25, -0.2) is 4.79 Å². The monoisotopic (exact) mass is 329 g/mol. The molecule has 2 fully saturated rings. The molecule has 0 radical (unpaired) electrons. The van der Waals surface area contributed by atoms with Crippen molar-refractivity contribution in [2.75, 3.05) is 19.6 Å². The summed E-state index contributed by atoms with van der Waals surface area (Å²) >= 11 is 0. The molecule has 0 saturated carbocycles. The Balaban J connectivity index is 1.43. The quantitative estimate of drug-likeness (QED) is 0.820. The Morgan fingerprint density at radius 3 is 3.12 bits per heavy atom. The lowest BCUT2D eigenvalue weighted by molar-refractivity contribution is -0.122. The van der Waals surface area contributed by atoms with Gasteiger partial charge in [0.05, 0.1) is 13.2 Å². The molecule has 0 bridgehead atoms. The van der Waals surface area contributed by atoms with E-state index in [2.05, 4.69) is 22.8 Å². The summed E-state index contributed by atoms with van der Waals surface area (Å²) in [5.74, 6) is -0.0720. The summed E-state index contributed by atoms with van der Waals surface area (Å²) in [6.07, 6.45) is 3.42. The highest BCUT2D eigenvalue weighted by atomic mass is 16.5. The summed E-state index contributed by atoms with van der Waals surface area (Å²) in [6.45, 7) is 2.50. The van der Waals surface area contributed by atoms with Gasteiger partial charge < -0.3 is 20.3 Å². The van der Waals surface area contributed by atoms with Gasteiger partial charge in [-0.2, -0.15) is 0 Å². The van der Waals surface area contributed by atoms with E-state index < -0.39 is 6.04 Å². The molecule has 3 heterocycles. The SMILES string of the molecule is O=C1NCCCCC1NC(=O)N1CCC2(C1)OCc1ccccc12. The van der Waals surface area contributed by atoms with E-state index in [9.17, 15) is 9.59 Å². The molecule has 2 N–H and O–H groups in total. The number of urea groups is 1. The van der Waals surface area contributed by atoms with Crippen LogP contribution >= 0.6 is 0 Å². The van der Waals surface area contributed by atoms with Gasteiger partial charge in [0, 0.05) is 19.5 Å². The molecular formula is C18H23N3O3. The topological polar surface area (TPSA) is 70.7 Å². The maximum atomic E-state index is 12.6. The predicted octanol–water partition coefficient (Wildman–Crippen LogP) is 1.50. The fourth-order valence-electron chi connectivity index (χ4n) is 3.99. The first-order valence-corrected chi connectivity index (χ1v) is 8.73. The maximum Gasteiger partial charge on any atom is 0.318 e. The molecular weight excluding hydrogens is 306 g/mol. The first kappa shape index (κ1) is 15.4. The highest BCUT2D eigenvalue weighted by Crippen LogP contribution is 2.43. The maximum absolute atomic E-state index is 12.6. The summed E-state index contributed by atoms with van der Waals surface area (Å²) in [5.41, 5.74) is 2.04. The van der Waals surface area contributed by atoms with Crippen molar-refractivity contribution in [1.82, 2.24) is 15.5 Å². The fourth-order valence-corrected chi connectivity index (χ4v) is 3.99. The van der Waals surface area contributed by atoms with Crippen molar-refractivity contribution in [1.29, 1.82) is 0 Å². The lowest BCUT2D eigenvalue weighted by Crippen LogP contribution is -2.50. The van der Waals surface area contributed by atoms with E-state index in [-0.39, 0.29) is 17.5 Å². The van der Waals surface area contributed by atoms with Gasteiger partial charge in [0.25, 0.3) is 0 Å². The number of nitrogens with one attached hydrogen (secondary N) is 2. The third-order valence-corrected chi connectivity index (χ3v) is 5.36. The first-order chi connectivity index (χ1) is 11.7. The van der Waals surface area contributed by atoms with Crippen LogP contribution in [0.1, 0.15) is 36.8 Å². The van der Waals surface area contributed by atoms with E-state index in [4.69, 9.17) is 4.74 Å². The van der Waals surface area contributed by atoms with Crippen molar-refractivity contribution in [3.8, 4) is 0 Å². The number of hydrogen-bond donors (Lipinski definition) is 2. The summed E-state index contributed by atoms with van der Waals surface area (Å²) in [6, 6.07) is 7.64. The molecule has 1 aromatic carbocycles. The van der Waals surface area contributed by atoms with Crippen molar-refractivity contribution >= 4 is 11.9 Å². The number of nitrogens with zero attached hydrogens (tertiary/aromatic N) is 1. The lowest BCUT2D eigenvalue weighted by atomic mass is 9.92. The number of amides is 3. The van der Waals surface area contributed by atoms with Gasteiger partial charge in [0.1, 0.15) is 11.6 Å². The molecule has 0 aromatic heterocycles. The number of likely N-dealkylation sites (tertiary alicyclic amines) is 1. The predicted molar refractivity (Wildman–Crippen MR) is 88.3 cm³/mol. The second kappa shape index (κ2) is 6.09. The Hall–Kier alpha value is -2.08. The van der Waals surface area contributed by atoms with Gasteiger partial charge >= 0.3 is 6.03 Å². The van der Waals surface area contributed by atoms with Crippen molar-refractivity contribution in [2.45, 2.75) is 43.9 Å². The van der Waals surface area contributed by atoms with E-state index in [0.717, 1.165) is 19.3 Å². The van der Waals surface area contributed by atoms with Crippen LogP contribution in [0.4, 0.5) is 4.79 Å². The van der Waals surface area contributed by atoms with Crippen LogP contribution in [0, 0.1) is 0 Å². The number of rotatable bonds is 1. The van der Waals surface area contributed by atoms with Crippen LogP contribution in [-0.2, 0) is 21.7 Å². The Labute approximate surface area is 141 Å². The second-order valence-corrected chi connectivity index (χ2v) is 6.90. The number of carbonyl (C=O) groups is 2. The number of carbonyl (C=O) groups excluding carboxylic acids is 2. The Kier molecular flexibility index (Phi) is 3.92. The van der Waals surface area contributed by atoms with E-state index in [0.29, 0.717) is 32.7 Å². The summed E-state index contributed by atoms with van der Waals surface area (Å²) in [5, 5.41) is 5.76. The zero-order valence-electron chi connectivity index (χ0n) is 13.7. The zero-order valence-corrected chi connectivity index (χ0v) is 13.7. The summed E-state index contributed by atoms with van der Waals surface area (Å²) in [7, 11) is 0. The minimum absolute atomic E-state index is 0.0720. The molecule has 6 heteroatoms. The third-order valence-electron chi connectivity index (χ3n) is 5.36. The van der Waals surface area contributed by atoms with Gasteiger partial charge in [0.15, 0.2) is 0 Å². The number of fused-ring (bicyclic) bond motifs is 2. The Bertz CT molecular complexity index is 663. The molecule has 2 saturated heterocycles. The molecule has 1 spiro atoms. The number of ether oxygens (including phenoxy) is 1. The minimum atomic E-state index is -0.423. The van der Waals surface area contributed by atoms with E-state index in [1.165, 1.54) is 11.1 Å². The fraction of sp³-hybridized carbons (Fsp3) is 0.556. The van der Waals surface area contributed by atoms with Crippen LogP contribution in [0.3, 0.4) is 0 Å². The van der Waals surface area contributed by atoms with Crippen LogP contribution < -0.4 is 10.6 Å². The Morgan fingerprint density at radius 2 is 2.21 bits per heavy atom. The molecule has 24 heavy (non-hydrogen) atoms. The van der Waals surface area contributed by atoms with Gasteiger partial charge in [0.2, 0.25) is 5.91 Å². The van der Waals surface area contributed by atoms with Gasteiger partial charge in [-0.3, -0.25) is 4.79 Å². The van der Waals surface area contributed by atoms with Crippen molar-refractivity contribution < 1.29 is 14.3 Å². The molecule has 2 atom stereocenters. The van der Waals surface area contributed by atoms with E-state index in [1.54, 1.807) is 4.90 Å². The number of hydrogen-bond acceptors (Lipinski definition) is 3. The van der Waals surface area contributed by atoms with Crippen molar-refractivity contribution in [3.63, 3.8) is 0 Å². The number of benzene rings is 1. The van der Waals surface area contributed by atoms with Crippen LogP contribution in [0.2, 0.25) is 0 Å². The van der Waals surface area contributed by atoms with Crippen molar-refractivity contribution in [3.05, 3.63) is 35.4 Å². The third kappa shape index (κ3) is 2.65. The molecule has 3 aliphatic rings. The molecule has 3 amide bonds. The van der Waals surface area contributed by atoms with Gasteiger partial charge in [-0.1, -0.05) is 24.3 Å². The molecule has 4 rings (SSSR count). The normalized spacial score (nSPS) is 29.2. The van der Waals surface area contributed by atoms with Crippen LogP contribution in [-0.4, -0.2) is 42.5 Å². The largest absolute Gasteiger partial charge is 0.364 e. The van der Waals surface area contributed by atoms with Crippen LogP contribution in [0.15, 0.2) is 24.3 Å². The average Bonchev–Trinajstić information content (AvgIpc) is 3.13. The van der Waals surface area contributed by atoms with Gasteiger partial charge in [-0.15, -0.1) is 0 Å². The van der Waals surface area contributed by atoms with Gasteiger partial charge in [-0.05, 0) is 30.4 Å². The highest BCUT2D eigenvalue weighted by molar-refractivity contribution is 5.87. The van der Waals surface area contributed by atoms with Crippen LogP contribution in [0.25, 0.3) is 0 Å². The highest BCUT2D eigenvalue weighted by Gasteiger charge is 2.47. The smallest absolute Gasteiger partial charge is 0.318 e. The second-order valence-electron chi connectivity index (χ2n) is 6.90. The zero-order chi connectivity index (χ0) is 16.6. The Morgan fingerprint density at radius 1 is 1.33 bits per heavy atom. The van der Waals surface area contributed by atoms with Crippen LogP contribution in [0.5, 0.6) is 0 Å². The summed E-state index contributed by atoms with van der Waals surface area (Å²) < 4.78 is 6.08.